The van der Waals surface area contributed by atoms with Crippen LogP contribution in [0.4, 0.5) is 0 Å². The van der Waals surface area contributed by atoms with Crippen LogP contribution in [0.25, 0.3) is 11.4 Å². The molecule has 0 saturated carbocycles. The quantitative estimate of drug-likeness (QED) is 0.570. The van der Waals surface area contributed by atoms with Crippen LogP contribution in [0, 0.1) is 13.8 Å². The topological polar surface area (TPSA) is 106 Å². The summed E-state index contributed by atoms with van der Waals surface area (Å²) in [4.78, 5) is 6.84. The minimum Gasteiger partial charge on any atom is -0.360 e. The zero-order valence-electron chi connectivity index (χ0n) is 18.0. The number of sulfonamides is 1. The first-order valence-electron chi connectivity index (χ1n) is 10.5. The van der Waals surface area contributed by atoms with Crippen LogP contribution in [0.3, 0.4) is 0 Å². The molecule has 10 heteroatoms. The third kappa shape index (κ3) is 4.56. The fourth-order valence-corrected chi connectivity index (χ4v) is 5.60. The van der Waals surface area contributed by atoms with Gasteiger partial charge in [0.05, 0.1) is 6.54 Å². The molecule has 1 saturated heterocycles. The van der Waals surface area contributed by atoms with Crippen molar-refractivity contribution in [1.82, 2.24) is 24.5 Å². The van der Waals surface area contributed by atoms with E-state index < -0.39 is 10.0 Å². The molecule has 2 aromatic heterocycles. The van der Waals surface area contributed by atoms with Crippen molar-refractivity contribution in [3.8, 4) is 11.4 Å². The number of nitrogens with zero attached hydrogens (tertiary/aromatic N) is 5. The van der Waals surface area contributed by atoms with Crippen LogP contribution >= 0.6 is 0 Å². The van der Waals surface area contributed by atoms with Crippen molar-refractivity contribution in [2.45, 2.75) is 45.1 Å². The van der Waals surface area contributed by atoms with Gasteiger partial charge < -0.3 is 9.05 Å². The zero-order chi connectivity index (χ0) is 22.0. The van der Waals surface area contributed by atoms with Crippen LogP contribution in [0.2, 0.25) is 0 Å². The molecule has 9 nitrogen and oxygen atoms in total. The first-order valence-corrected chi connectivity index (χ1v) is 11.9. The molecule has 1 aromatic carbocycles. The molecule has 0 amide bonds. The van der Waals surface area contributed by atoms with Crippen LogP contribution in [-0.4, -0.2) is 59.1 Å². The highest BCUT2D eigenvalue weighted by atomic mass is 32.2. The van der Waals surface area contributed by atoms with Gasteiger partial charge in [0, 0.05) is 25.2 Å². The van der Waals surface area contributed by atoms with Crippen molar-refractivity contribution in [2.24, 2.45) is 0 Å². The first kappa shape index (κ1) is 21.7. The van der Waals surface area contributed by atoms with E-state index in [1.807, 2.05) is 12.1 Å². The van der Waals surface area contributed by atoms with Crippen molar-refractivity contribution in [3.63, 3.8) is 0 Å². The standard InChI is InChI=1S/C21H27N5O4S/c1-4-17-6-8-18(9-7-17)21-22-19(30-24-21)14-25-10-5-11-26(13-12-25)31(27,28)20-15(2)23-29-16(20)3/h6-9H,4-5,10-14H2,1-3H3. The maximum absolute atomic E-state index is 13.1. The van der Waals surface area contributed by atoms with E-state index in [1.54, 1.807) is 13.8 Å². The van der Waals surface area contributed by atoms with Crippen LogP contribution in [-0.2, 0) is 23.0 Å². The van der Waals surface area contributed by atoms with E-state index in [-0.39, 0.29) is 4.90 Å². The van der Waals surface area contributed by atoms with E-state index in [4.69, 9.17) is 9.05 Å². The molecule has 3 heterocycles. The molecule has 1 aliphatic heterocycles. The van der Waals surface area contributed by atoms with Crippen molar-refractivity contribution in [3.05, 3.63) is 47.2 Å². The summed E-state index contributed by atoms with van der Waals surface area (Å²) in [5.74, 6) is 1.41. The highest BCUT2D eigenvalue weighted by Gasteiger charge is 2.32. The highest BCUT2D eigenvalue weighted by molar-refractivity contribution is 7.89. The number of hydrogen-bond donors (Lipinski definition) is 0. The third-order valence-electron chi connectivity index (χ3n) is 5.56. The van der Waals surface area contributed by atoms with Gasteiger partial charge in [-0.25, -0.2) is 8.42 Å². The molecule has 0 radical (unpaired) electrons. The van der Waals surface area contributed by atoms with Crippen LogP contribution in [0.5, 0.6) is 0 Å². The third-order valence-corrected chi connectivity index (χ3v) is 7.70. The highest BCUT2D eigenvalue weighted by Crippen LogP contribution is 2.24. The summed E-state index contributed by atoms with van der Waals surface area (Å²) in [6.45, 7) is 8.02. The molecule has 1 aliphatic rings. The van der Waals surface area contributed by atoms with Crippen molar-refractivity contribution >= 4 is 10.0 Å². The Hall–Kier alpha value is -2.56. The fraction of sp³-hybridized carbons (Fsp3) is 0.476. The summed E-state index contributed by atoms with van der Waals surface area (Å²) in [5, 5.41) is 7.89. The van der Waals surface area contributed by atoms with Gasteiger partial charge in [0.2, 0.25) is 21.7 Å². The lowest BCUT2D eigenvalue weighted by molar-refractivity contribution is 0.236. The van der Waals surface area contributed by atoms with Gasteiger partial charge >= 0.3 is 0 Å². The van der Waals surface area contributed by atoms with E-state index >= 15 is 0 Å². The average molecular weight is 446 g/mol. The number of aryl methyl sites for hydroxylation is 3. The van der Waals surface area contributed by atoms with Gasteiger partial charge in [0.15, 0.2) is 5.76 Å². The molecule has 0 unspecified atom stereocenters. The van der Waals surface area contributed by atoms with Crippen LogP contribution in [0.1, 0.15) is 36.3 Å². The summed E-state index contributed by atoms with van der Waals surface area (Å²) < 4.78 is 38.2. The lowest BCUT2D eigenvalue weighted by Crippen LogP contribution is -2.35. The number of aromatic nitrogens is 3. The Bertz CT molecular complexity index is 1120. The molecular weight excluding hydrogens is 418 g/mol. The van der Waals surface area contributed by atoms with Gasteiger partial charge in [-0.15, -0.1) is 0 Å². The maximum Gasteiger partial charge on any atom is 0.248 e. The number of rotatable bonds is 6. The normalized spacial score (nSPS) is 16.5. The minimum absolute atomic E-state index is 0.177. The Morgan fingerprint density at radius 1 is 1.00 bits per heavy atom. The summed E-state index contributed by atoms with van der Waals surface area (Å²) in [6.07, 6.45) is 1.69. The Morgan fingerprint density at radius 3 is 2.45 bits per heavy atom. The second-order valence-corrected chi connectivity index (χ2v) is 9.62. The Labute approximate surface area is 182 Å². The lowest BCUT2D eigenvalue weighted by atomic mass is 10.1. The molecule has 0 bridgehead atoms. The van der Waals surface area contributed by atoms with Gasteiger partial charge in [0.25, 0.3) is 0 Å². The molecular formula is C21H27N5O4S. The Kier molecular flexibility index (Phi) is 6.22. The average Bonchev–Trinajstić information content (AvgIpc) is 3.27. The monoisotopic (exact) mass is 445 g/mol. The maximum atomic E-state index is 13.1. The van der Waals surface area contributed by atoms with Gasteiger partial charge in [-0.05, 0) is 38.8 Å². The van der Waals surface area contributed by atoms with Crippen molar-refractivity contribution in [2.75, 3.05) is 26.2 Å². The second kappa shape index (κ2) is 8.89. The number of hydrogen-bond acceptors (Lipinski definition) is 8. The van der Waals surface area contributed by atoms with E-state index in [2.05, 4.69) is 39.3 Å². The van der Waals surface area contributed by atoms with E-state index in [0.717, 1.165) is 18.5 Å². The fourth-order valence-electron chi connectivity index (χ4n) is 3.83. The molecule has 0 atom stereocenters. The van der Waals surface area contributed by atoms with Gasteiger partial charge in [-0.3, -0.25) is 4.90 Å². The molecule has 3 aromatic rings. The first-order chi connectivity index (χ1) is 14.9. The second-order valence-electron chi connectivity index (χ2n) is 7.75. The van der Waals surface area contributed by atoms with Gasteiger partial charge in [-0.1, -0.05) is 41.5 Å². The smallest absolute Gasteiger partial charge is 0.248 e. The van der Waals surface area contributed by atoms with Crippen LogP contribution < -0.4 is 0 Å². The summed E-state index contributed by atoms with van der Waals surface area (Å²) in [7, 11) is -3.64. The SMILES string of the molecule is CCc1ccc(-c2noc(CN3CCCN(S(=O)(=O)c4c(C)noc4C)CC3)n2)cc1. The predicted octanol–water partition coefficient (Wildman–Crippen LogP) is 2.80. The van der Waals surface area contributed by atoms with E-state index in [0.29, 0.717) is 55.8 Å². The summed E-state index contributed by atoms with van der Waals surface area (Å²) in [6, 6.07) is 8.12. The summed E-state index contributed by atoms with van der Waals surface area (Å²) >= 11 is 0. The molecule has 0 spiro atoms. The van der Waals surface area contributed by atoms with E-state index in [9.17, 15) is 8.42 Å². The molecule has 31 heavy (non-hydrogen) atoms. The molecule has 0 N–H and O–H groups in total. The Balaban J connectivity index is 1.41. The summed E-state index contributed by atoms with van der Waals surface area (Å²) in [5.41, 5.74) is 2.57. The van der Waals surface area contributed by atoms with Gasteiger partial charge in [0.1, 0.15) is 10.6 Å². The van der Waals surface area contributed by atoms with Gasteiger partial charge in [-0.2, -0.15) is 9.29 Å². The van der Waals surface area contributed by atoms with Crippen LogP contribution in [0.15, 0.2) is 38.2 Å². The van der Waals surface area contributed by atoms with Crippen molar-refractivity contribution < 1.29 is 17.5 Å². The van der Waals surface area contributed by atoms with Crippen molar-refractivity contribution in [1.29, 1.82) is 0 Å². The predicted molar refractivity (Wildman–Crippen MR) is 114 cm³/mol. The molecule has 166 valence electrons. The molecule has 1 fully saturated rings. The van der Waals surface area contributed by atoms with E-state index in [1.165, 1.54) is 9.87 Å². The largest absolute Gasteiger partial charge is 0.360 e. The molecule has 0 aliphatic carbocycles. The zero-order valence-corrected chi connectivity index (χ0v) is 18.9. The minimum atomic E-state index is -3.64. The Morgan fingerprint density at radius 2 is 1.77 bits per heavy atom. The lowest BCUT2D eigenvalue weighted by Gasteiger charge is -2.20. The molecule has 4 rings (SSSR count). The number of benzene rings is 1.